The van der Waals surface area contributed by atoms with Gasteiger partial charge in [-0.2, -0.15) is 5.10 Å². The van der Waals surface area contributed by atoms with E-state index in [0.717, 1.165) is 18.8 Å². The Hall–Kier alpha value is -0.990. The van der Waals surface area contributed by atoms with Crippen molar-refractivity contribution in [3.63, 3.8) is 0 Å². The molecular weight excluding hydrogens is 162 g/mol. The number of nitrogens with zero attached hydrogens (tertiary/aromatic N) is 2. The van der Waals surface area contributed by atoms with Crippen molar-refractivity contribution in [2.75, 3.05) is 6.54 Å². The molecule has 0 aromatic heterocycles. The lowest BCUT2D eigenvalue weighted by Gasteiger charge is -2.31. The molecule has 0 aromatic carbocycles. The summed E-state index contributed by atoms with van der Waals surface area (Å²) in [7, 11) is 0. The summed E-state index contributed by atoms with van der Waals surface area (Å²) in [6.45, 7) is 12.6. The van der Waals surface area contributed by atoms with Crippen LogP contribution in [0, 0.1) is 0 Å². The van der Waals surface area contributed by atoms with Gasteiger partial charge in [0.15, 0.2) is 0 Å². The molecule has 0 aliphatic carbocycles. The van der Waals surface area contributed by atoms with Gasteiger partial charge < -0.3 is 5.32 Å². The van der Waals surface area contributed by atoms with E-state index in [2.05, 4.69) is 24.1 Å². The number of hydrogen-bond acceptors (Lipinski definition) is 3. The molecule has 1 rings (SSSR count). The Kier molecular flexibility index (Phi) is 6.02. The van der Waals surface area contributed by atoms with E-state index >= 15 is 0 Å². The zero-order valence-electron chi connectivity index (χ0n) is 9.17. The van der Waals surface area contributed by atoms with Crippen molar-refractivity contribution in [1.82, 2.24) is 10.3 Å². The van der Waals surface area contributed by atoms with Crippen molar-refractivity contribution >= 4 is 6.72 Å². The van der Waals surface area contributed by atoms with E-state index in [1.54, 1.807) is 0 Å². The third kappa shape index (κ3) is 3.49. The van der Waals surface area contributed by atoms with Gasteiger partial charge in [-0.1, -0.05) is 13.8 Å². The summed E-state index contributed by atoms with van der Waals surface area (Å²) in [6, 6.07) is 0.555. The summed E-state index contributed by atoms with van der Waals surface area (Å²) < 4.78 is 0. The van der Waals surface area contributed by atoms with Crippen molar-refractivity contribution in [3.05, 3.63) is 11.9 Å². The first-order valence-electron chi connectivity index (χ1n) is 4.95. The van der Waals surface area contributed by atoms with Crippen LogP contribution >= 0.6 is 0 Å². The molecule has 1 N–H and O–H groups in total. The smallest absolute Gasteiger partial charge is 0.118 e. The molecule has 1 aliphatic heterocycles. The highest BCUT2D eigenvalue weighted by Crippen LogP contribution is 2.11. The lowest BCUT2D eigenvalue weighted by atomic mass is 10.2. The maximum absolute atomic E-state index is 3.89. The van der Waals surface area contributed by atoms with E-state index in [1.165, 1.54) is 0 Å². The molecule has 1 atom stereocenters. The summed E-state index contributed by atoms with van der Waals surface area (Å²) in [6.07, 6.45) is 3.14. The quantitative estimate of drug-likeness (QED) is 0.635. The topological polar surface area (TPSA) is 27.6 Å². The van der Waals surface area contributed by atoms with Crippen LogP contribution < -0.4 is 5.32 Å². The minimum absolute atomic E-state index is 0. The maximum Gasteiger partial charge on any atom is 0.118 e. The minimum Gasteiger partial charge on any atom is -0.368 e. The number of hydrogen-bond donors (Lipinski definition) is 1. The van der Waals surface area contributed by atoms with Crippen LogP contribution in [0.5, 0.6) is 0 Å². The van der Waals surface area contributed by atoms with Gasteiger partial charge in [0, 0.05) is 20.7 Å². The molecule has 3 nitrogen and oxygen atoms in total. The molecule has 0 bridgehead atoms. The van der Waals surface area contributed by atoms with Crippen molar-refractivity contribution in [1.29, 1.82) is 0 Å². The lowest BCUT2D eigenvalue weighted by molar-refractivity contribution is 0.263. The van der Waals surface area contributed by atoms with Crippen LogP contribution in [0.15, 0.2) is 17.0 Å². The fourth-order valence-corrected chi connectivity index (χ4v) is 1.21. The van der Waals surface area contributed by atoms with Crippen LogP contribution in [0.1, 0.15) is 35.5 Å². The summed E-state index contributed by atoms with van der Waals surface area (Å²) in [5, 5.41) is 9.10. The first-order chi connectivity index (χ1) is 6.27. The fourth-order valence-electron chi connectivity index (χ4n) is 1.21. The third-order valence-corrected chi connectivity index (χ3v) is 1.89. The Morgan fingerprint density at radius 3 is 2.77 bits per heavy atom. The summed E-state index contributed by atoms with van der Waals surface area (Å²) in [4.78, 5) is 0. The van der Waals surface area contributed by atoms with Gasteiger partial charge in [-0.25, -0.2) is 0 Å². The van der Waals surface area contributed by atoms with Crippen LogP contribution in [0.25, 0.3) is 0 Å². The van der Waals surface area contributed by atoms with Crippen LogP contribution in [-0.2, 0) is 0 Å². The molecule has 13 heavy (non-hydrogen) atoms. The second kappa shape index (κ2) is 6.52. The Morgan fingerprint density at radius 2 is 2.31 bits per heavy atom. The Balaban J connectivity index is 0. The van der Waals surface area contributed by atoms with E-state index in [-0.39, 0.29) is 1.43 Å². The van der Waals surface area contributed by atoms with Crippen LogP contribution in [0.2, 0.25) is 0 Å². The third-order valence-electron chi connectivity index (χ3n) is 1.89. The van der Waals surface area contributed by atoms with Crippen LogP contribution in [0.3, 0.4) is 0 Å². The van der Waals surface area contributed by atoms with Gasteiger partial charge in [0.25, 0.3) is 0 Å². The standard InChI is InChI=1S/C8H15N3.C2H6.H2/c1-4-8-10-7(2)5-6-11(8)9-3;1-2;/h4,7,10H,3,5-6H2,1-2H3;1-2H3;1H/b8-4-;;. The molecule has 1 unspecified atom stereocenters. The molecule has 0 amide bonds. The van der Waals surface area contributed by atoms with E-state index in [4.69, 9.17) is 0 Å². The monoisotopic (exact) mass is 185 g/mol. The van der Waals surface area contributed by atoms with Crippen molar-refractivity contribution in [3.8, 4) is 0 Å². The van der Waals surface area contributed by atoms with Gasteiger partial charge in [-0.15, -0.1) is 0 Å². The second-order valence-corrected chi connectivity index (χ2v) is 2.77. The van der Waals surface area contributed by atoms with Crippen LogP contribution in [-0.4, -0.2) is 24.3 Å². The normalized spacial score (nSPS) is 24.5. The molecule has 1 saturated heterocycles. The molecule has 1 aliphatic rings. The number of rotatable bonds is 1. The van der Waals surface area contributed by atoms with Gasteiger partial charge in [-0.05, 0) is 26.3 Å². The van der Waals surface area contributed by atoms with Gasteiger partial charge in [0.05, 0.1) is 0 Å². The van der Waals surface area contributed by atoms with Crippen molar-refractivity contribution in [2.45, 2.75) is 40.2 Å². The van der Waals surface area contributed by atoms with E-state index in [0.29, 0.717) is 6.04 Å². The van der Waals surface area contributed by atoms with Gasteiger partial charge in [0.2, 0.25) is 0 Å². The highest BCUT2D eigenvalue weighted by atomic mass is 15.5. The molecule has 0 spiro atoms. The van der Waals surface area contributed by atoms with E-state index in [1.807, 2.05) is 31.9 Å². The van der Waals surface area contributed by atoms with Gasteiger partial charge >= 0.3 is 0 Å². The first kappa shape index (κ1) is 12.0. The van der Waals surface area contributed by atoms with E-state index in [9.17, 15) is 0 Å². The van der Waals surface area contributed by atoms with Crippen LogP contribution in [0.4, 0.5) is 0 Å². The molecule has 1 fully saturated rings. The molecule has 0 radical (unpaired) electrons. The number of nitrogens with one attached hydrogen (secondary N) is 1. The summed E-state index contributed by atoms with van der Waals surface area (Å²) in [5.41, 5.74) is 0. The van der Waals surface area contributed by atoms with Gasteiger partial charge in [-0.3, -0.25) is 5.01 Å². The lowest BCUT2D eigenvalue weighted by Crippen LogP contribution is -2.41. The largest absolute Gasteiger partial charge is 0.368 e. The summed E-state index contributed by atoms with van der Waals surface area (Å²) >= 11 is 0. The molecule has 3 heteroatoms. The average Bonchev–Trinajstić information content (AvgIpc) is 2.20. The molecule has 78 valence electrons. The molecule has 0 aromatic rings. The minimum atomic E-state index is 0. The second-order valence-electron chi connectivity index (χ2n) is 2.77. The SMILES string of the molecule is C=NN1CCC(C)N/C1=C/C.CC.[HH]. The Labute approximate surface area is 83.0 Å². The average molecular weight is 185 g/mol. The predicted molar refractivity (Wildman–Crippen MR) is 60.7 cm³/mol. The zero-order chi connectivity index (χ0) is 10.3. The number of allylic oxidation sites excluding steroid dienone is 1. The van der Waals surface area contributed by atoms with Crippen molar-refractivity contribution < 1.29 is 1.43 Å². The molecule has 1 heterocycles. The highest BCUT2D eigenvalue weighted by molar-refractivity contribution is 5.23. The highest BCUT2D eigenvalue weighted by Gasteiger charge is 2.16. The summed E-state index contributed by atoms with van der Waals surface area (Å²) in [5.74, 6) is 1.07. The Morgan fingerprint density at radius 1 is 1.69 bits per heavy atom. The maximum atomic E-state index is 3.89. The first-order valence-corrected chi connectivity index (χ1v) is 4.95. The molecule has 0 saturated carbocycles. The van der Waals surface area contributed by atoms with Gasteiger partial charge in [0.1, 0.15) is 5.82 Å². The fraction of sp³-hybridized carbons (Fsp3) is 0.700. The Bertz CT molecular complexity index is 180. The van der Waals surface area contributed by atoms with Crippen molar-refractivity contribution in [2.24, 2.45) is 5.10 Å². The van der Waals surface area contributed by atoms with E-state index < -0.39 is 0 Å². The molecular formula is C10H23N3. The predicted octanol–water partition coefficient (Wildman–Crippen LogP) is 2.42. The zero-order valence-corrected chi connectivity index (χ0v) is 9.17. The number of hydrazone groups is 1.